The molecule has 0 unspecified atom stereocenters. The van der Waals surface area contributed by atoms with Crippen LogP contribution in [0.2, 0.25) is 10.0 Å². The molecular weight excluding hydrogens is 373 g/mol. The predicted molar refractivity (Wildman–Crippen MR) is 100 cm³/mol. The van der Waals surface area contributed by atoms with Gasteiger partial charge in [0.15, 0.2) is 0 Å². The minimum absolute atomic E-state index is 0. The maximum atomic E-state index is 12.4. The molecule has 1 heterocycles. The SMILES string of the molecule is C[C@H]1C[C@@H](C(=O)N(C)CC(=O)Nc2ccc(Cl)c(Cl)c2)CCN1.Cl. The van der Waals surface area contributed by atoms with Gasteiger partial charge in [-0.1, -0.05) is 23.2 Å². The van der Waals surface area contributed by atoms with Crippen LogP contribution < -0.4 is 10.6 Å². The lowest BCUT2D eigenvalue weighted by atomic mass is 9.92. The maximum Gasteiger partial charge on any atom is 0.243 e. The van der Waals surface area contributed by atoms with E-state index in [9.17, 15) is 9.59 Å². The molecule has 2 amide bonds. The molecule has 0 radical (unpaired) electrons. The lowest BCUT2D eigenvalue weighted by molar-refractivity contribution is -0.137. The molecule has 0 bridgehead atoms. The van der Waals surface area contributed by atoms with Crippen LogP contribution in [0.3, 0.4) is 0 Å². The summed E-state index contributed by atoms with van der Waals surface area (Å²) in [7, 11) is 1.66. The first-order chi connectivity index (χ1) is 10.9. The highest BCUT2D eigenvalue weighted by Gasteiger charge is 2.27. The van der Waals surface area contributed by atoms with E-state index in [0.717, 1.165) is 19.4 Å². The van der Waals surface area contributed by atoms with E-state index in [1.54, 1.807) is 25.2 Å². The monoisotopic (exact) mass is 393 g/mol. The topological polar surface area (TPSA) is 61.4 Å². The van der Waals surface area contributed by atoms with E-state index >= 15 is 0 Å². The number of amides is 2. The smallest absolute Gasteiger partial charge is 0.243 e. The highest BCUT2D eigenvalue weighted by Crippen LogP contribution is 2.25. The number of carbonyl (C=O) groups is 2. The average molecular weight is 395 g/mol. The van der Waals surface area contributed by atoms with Gasteiger partial charge in [0.05, 0.1) is 16.6 Å². The minimum atomic E-state index is -0.263. The molecule has 1 aliphatic heterocycles. The van der Waals surface area contributed by atoms with Crippen molar-refractivity contribution in [2.75, 3.05) is 25.5 Å². The Hall–Kier alpha value is -1.01. The van der Waals surface area contributed by atoms with Crippen molar-refractivity contribution in [2.45, 2.75) is 25.8 Å². The first-order valence-electron chi connectivity index (χ1n) is 7.60. The van der Waals surface area contributed by atoms with E-state index in [1.165, 1.54) is 4.90 Å². The predicted octanol–water partition coefficient (Wildman–Crippen LogP) is 3.20. The number of benzene rings is 1. The summed E-state index contributed by atoms with van der Waals surface area (Å²) in [5.41, 5.74) is 0.556. The molecule has 2 atom stereocenters. The first kappa shape index (κ1) is 21.0. The molecule has 134 valence electrons. The fourth-order valence-corrected chi connectivity index (χ4v) is 3.03. The molecule has 2 N–H and O–H groups in total. The summed E-state index contributed by atoms with van der Waals surface area (Å²) in [4.78, 5) is 26.0. The number of nitrogens with one attached hydrogen (secondary N) is 2. The van der Waals surface area contributed by atoms with Crippen LogP contribution in [-0.4, -0.2) is 42.9 Å². The number of likely N-dealkylation sites (N-methyl/N-ethyl adjacent to an activating group) is 1. The zero-order valence-electron chi connectivity index (χ0n) is 13.6. The van der Waals surface area contributed by atoms with Crippen molar-refractivity contribution in [3.8, 4) is 0 Å². The molecule has 1 saturated heterocycles. The third kappa shape index (κ3) is 5.81. The van der Waals surface area contributed by atoms with E-state index < -0.39 is 0 Å². The van der Waals surface area contributed by atoms with Crippen molar-refractivity contribution < 1.29 is 9.59 Å². The first-order valence-corrected chi connectivity index (χ1v) is 8.35. The molecule has 2 rings (SSSR count). The summed E-state index contributed by atoms with van der Waals surface area (Å²) in [6.07, 6.45) is 1.61. The molecule has 1 aromatic carbocycles. The van der Waals surface area contributed by atoms with E-state index in [4.69, 9.17) is 23.2 Å². The molecule has 0 aromatic heterocycles. The highest BCUT2D eigenvalue weighted by molar-refractivity contribution is 6.42. The molecular formula is C16H22Cl3N3O2. The Morgan fingerprint density at radius 1 is 1.33 bits per heavy atom. The summed E-state index contributed by atoms with van der Waals surface area (Å²) in [5.74, 6) is -0.266. The second kappa shape index (κ2) is 9.47. The summed E-state index contributed by atoms with van der Waals surface area (Å²) < 4.78 is 0. The van der Waals surface area contributed by atoms with E-state index in [1.807, 2.05) is 0 Å². The lowest BCUT2D eigenvalue weighted by Crippen LogP contribution is -2.44. The van der Waals surface area contributed by atoms with Gasteiger partial charge in [0.25, 0.3) is 0 Å². The molecule has 5 nitrogen and oxygen atoms in total. The van der Waals surface area contributed by atoms with Gasteiger partial charge in [0.2, 0.25) is 11.8 Å². The second-order valence-corrected chi connectivity index (χ2v) is 6.76. The number of hydrogen-bond donors (Lipinski definition) is 2. The summed E-state index contributed by atoms with van der Waals surface area (Å²) in [6, 6.07) is 5.20. The molecule has 1 fully saturated rings. The quantitative estimate of drug-likeness (QED) is 0.824. The van der Waals surface area contributed by atoms with Gasteiger partial charge in [-0.2, -0.15) is 0 Å². The largest absolute Gasteiger partial charge is 0.336 e. The Morgan fingerprint density at radius 3 is 2.67 bits per heavy atom. The zero-order valence-corrected chi connectivity index (χ0v) is 16.0. The maximum absolute atomic E-state index is 12.4. The van der Waals surface area contributed by atoms with Crippen molar-refractivity contribution in [3.63, 3.8) is 0 Å². The van der Waals surface area contributed by atoms with Crippen LogP contribution in [0.5, 0.6) is 0 Å². The fourth-order valence-electron chi connectivity index (χ4n) is 2.74. The van der Waals surface area contributed by atoms with Crippen molar-refractivity contribution in [1.82, 2.24) is 10.2 Å². The summed E-state index contributed by atoms with van der Waals surface area (Å²) in [6.45, 7) is 2.91. The van der Waals surface area contributed by atoms with Gasteiger partial charge in [-0.15, -0.1) is 12.4 Å². The van der Waals surface area contributed by atoms with Gasteiger partial charge in [-0.3, -0.25) is 9.59 Å². The van der Waals surface area contributed by atoms with E-state index in [-0.39, 0.29) is 36.7 Å². The van der Waals surface area contributed by atoms with Crippen LogP contribution in [0.25, 0.3) is 0 Å². The van der Waals surface area contributed by atoms with Gasteiger partial charge in [0, 0.05) is 24.7 Å². The Labute approximate surface area is 158 Å². The number of nitrogens with zero attached hydrogens (tertiary/aromatic N) is 1. The highest BCUT2D eigenvalue weighted by atomic mass is 35.5. The number of rotatable bonds is 4. The number of halogens is 3. The summed E-state index contributed by atoms with van der Waals surface area (Å²) >= 11 is 11.8. The van der Waals surface area contributed by atoms with E-state index in [0.29, 0.717) is 21.8 Å². The molecule has 24 heavy (non-hydrogen) atoms. The Balaban J connectivity index is 0.00000288. The van der Waals surface area contributed by atoms with Crippen molar-refractivity contribution in [3.05, 3.63) is 28.2 Å². The summed E-state index contributed by atoms with van der Waals surface area (Å²) in [5, 5.41) is 6.84. The Morgan fingerprint density at radius 2 is 2.04 bits per heavy atom. The Bertz CT molecular complexity index is 598. The van der Waals surface area contributed by atoms with Crippen LogP contribution in [0.15, 0.2) is 18.2 Å². The van der Waals surface area contributed by atoms with Crippen LogP contribution in [0.1, 0.15) is 19.8 Å². The molecule has 1 aromatic rings. The van der Waals surface area contributed by atoms with Crippen molar-refractivity contribution >= 4 is 53.1 Å². The lowest BCUT2D eigenvalue weighted by Gasteiger charge is -2.30. The van der Waals surface area contributed by atoms with Gasteiger partial charge in [-0.05, 0) is 44.5 Å². The van der Waals surface area contributed by atoms with Gasteiger partial charge < -0.3 is 15.5 Å². The average Bonchev–Trinajstić information content (AvgIpc) is 2.50. The molecule has 8 heteroatoms. The van der Waals surface area contributed by atoms with Crippen LogP contribution in [0, 0.1) is 5.92 Å². The number of hydrogen-bond acceptors (Lipinski definition) is 3. The van der Waals surface area contributed by atoms with Crippen LogP contribution in [-0.2, 0) is 9.59 Å². The standard InChI is InChI=1S/C16H21Cl2N3O2.ClH/c1-10-7-11(5-6-19-10)16(23)21(2)9-15(22)20-12-3-4-13(17)14(18)8-12;/h3-4,8,10-11,19H,5-7,9H2,1-2H3,(H,20,22);1H/t10-,11-;/m0./s1. The van der Waals surface area contributed by atoms with Crippen molar-refractivity contribution in [1.29, 1.82) is 0 Å². The molecule has 0 aliphatic carbocycles. The van der Waals surface area contributed by atoms with Crippen LogP contribution >= 0.6 is 35.6 Å². The number of piperidine rings is 1. The fraction of sp³-hybridized carbons (Fsp3) is 0.500. The third-order valence-corrected chi connectivity index (χ3v) is 4.67. The molecule has 1 aliphatic rings. The number of anilines is 1. The van der Waals surface area contributed by atoms with Gasteiger partial charge >= 0.3 is 0 Å². The van der Waals surface area contributed by atoms with E-state index in [2.05, 4.69) is 17.6 Å². The molecule has 0 spiro atoms. The van der Waals surface area contributed by atoms with Gasteiger partial charge in [-0.25, -0.2) is 0 Å². The second-order valence-electron chi connectivity index (χ2n) is 5.95. The third-order valence-electron chi connectivity index (χ3n) is 3.93. The normalized spacial score (nSPS) is 20.0. The number of carbonyl (C=O) groups excluding carboxylic acids is 2. The van der Waals surface area contributed by atoms with Crippen LogP contribution in [0.4, 0.5) is 5.69 Å². The van der Waals surface area contributed by atoms with Crippen molar-refractivity contribution in [2.24, 2.45) is 5.92 Å². The molecule has 0 saturated carbocycles. The van der Waals surface area contributed by atoms with Gasteiger partial charge in [0.1, 0.15) is 0 Å². The Kier molecular flexibility index (Phi) is 8.30. The minimum Gasteiger partial charge on any atom is -0.336 e. The zero-order chi connectivity index (χ0) is 17.0.